The molecule has 25 heavy (non-hydrogen) atoms. The molecular formula is C19H25N3O2S. The lowest BCUT2D eigenvalue weighted by atomic mass is 10.1. The van der Waals surface area contributed by atoms with Gasteiger partial charge in [0, 0.05) is 38.9 Å². The van der Waals surface area contributed by atoms with Gasteiger partial charge in [0.2, 0.25) is 10.0 Å². The standard InChI is InChI=1S/C19H25N3O2S/c1-2-5-17-7-9-19(10-8-17)25(23,24)22-14-12-21(13-15-22)16-18-6-3-4-11-20-18/h3-4,6-11H,2,5,12-16H2,1H3. The first-order valence-corrected chi connectivity index (χ1v) is 10.2. The number of hydrogen-bond donors (Lipinski definition) is 0. The third-order valence-electron chi connectivity index (χ3n) is 4.54. The fourth-order valence-electron chi connectivity index (χ4n) is 3.11. The lowest BCUT2D eigenvalue weighted by molar-refractivity contribution is 0.180. The van der Waals surface area contributed by atoms with Crippen LogP contribution in [0.15, 0.2) is 53.6 Å². The Hall–Kier alpha value is -1.76. The van der Waals surface area contributed by atoms with Gasteiger partial charge in [-0.2, -0.15) is 4.31 Å². The average Bonchev–Trinajstić information content (AvgIpc) is 2.64. The van der Waals surface area contributed by atoms with Crippen LogP contribution >= 0.6 is 0 Å². The number of aromatic nitrogens is 1. The van der Waals surface area contributed by atoms with Gasteiger partial charge < -0.3 is 0 Å². The van der Waals surface area contributed by atoms with E-state index in [2.05, 4.69) is 16.8 Å². The van der Waals surface area contributed by atoms with Crippen LogP contribution in [0.4, 0.5) is 0 Å². The van der Waals surface area contributed by atoms with Gasteiger partial charge in [0.15, 0.2) is 0 Å². The smallest absolute Gasteiger partial charge is 0.243 e. The minimum Gasteiger partial charge on any atom is -0.295 e. The van der Waals surface area contributed by atoms with Crippen molar-refractivity contribution in [3.05, 3.63) is 59.9 Å². The third kappa shape index (κ3) is 4.45. The highest BCUT2D eigenvalue weighted by molar-refractivity contribution is 7.89. The van der Waals surface area contributed by atoms with Crippen molar-refractivity contribution < 1.29 is 8.42 Å². The Labute approximate surface area is 150 Å². The molecule has 0 N–H and O–H groups in total. The quantitative estimate of drug-likeness (QED) is 0.795. The highest BCUT2D eigenvalue weighted by atomic mass is 32.2. The summed E-state index contributed by atoms with van der Waals surface area (Å²) in [4.78, 5) is 6.98. The molecule has 0 atom stereocenters. The Kier molecular flexibility index (Phi) is 5.83. The molecule has 2 heterocycles. The second-order valence-electron chi connectivity index (χ2n) is 6.40. The first kappa shape index (κ1) is 18.0. The van der Waals surface area contributed by atoms with Gasteiger partial charge >= 0.3 is 0 Å². The highest BCUT2D eigenvalue weighted by Crippen LogP contribution is 2.19. The topological polar surface area (TPSA) is 53.5 Å². The molecule has 1 aliphatic heterocycles. The number of benzene rings is 1. The molecule has 2 aromatic rings. The number of pyridine rings is 1. The summed E-state index contributed by atoms with van der Waals surface area (Å²) in [6.07, 6.45) is 3.83. The number of piperazine rings is 1. The molecule has 0 amide bonds. The molecule has 1 aromatic heterocycles. The van der Waals surface area contributed by atoms with E-state index in [0.717, 1.165) is 38.2 Å². The third-order valence-corrected chi connectivity index (χ3v) is 6.46. The summed E-state index contributed by atoms with van der Waals surface area (Å²) >= 11 is 0. The van der Waals surface area contributed by atoms with Crippen molar-refractivity contribution in [2.24, 2.45) is 0 Å². The Morgan fingerprint density at radius 3 is 2.32 bits per heavy atom. The molecule has 0 spiro atoms. The van der Waals surface area contributed by atoms with E-state index >= 15 is 0 Å². The van der Waals surface area contributed by atoms with Crippen LogP contribution < -0.4 is 0 Å². The second-order valence-corrected chi connectivity index (χ2v) is 8.33. The summed E-state index contributed by atoms with van der Waals surface area (Å²) in [5.41, 5.74) is 2.20. The number of sulfonamides is 1. The van der Waals surface area contributed by atoms with Crippen LogP contribution in [0.2, 0.25) is 0 Å². The van der Waals surface area contributed by atoms with Crippen LogP contribution in [0.1, 0.15) is 24.6 Å². The van der Waals surface area contributed by atoms with Gasteiger partial charge in [-0.15, -0.1) is 0 Å². The molecule has 1 fully saturated rings. The molecule has 0 unspecified atom stereocenters. The molecule has 0 aliphatic carbocycles. The molecule has 3 rings (SSSR count). The molecule has 1 aromatic carbocycles. The number of hydrogen-bond acceptors (Lipinski definition) is 4. The van der Waals surface area contributed by atoms with E-state index in [1.807, 2.05) is 30.3 Å². The van der Waals surface area contributed by atoms with Crippen LogP contribution in [-0.4, -0.2) is 48.8 Å². The van der Waals surface area contributed by atoms with Gasteiger partial charge in [-0.05, 0) is 36.2 Å². The van der Waals surface area contributed by atoms with Crippen molar-refractivity contribution in [2.75, 3.05) is 26.2 Å². The van der Waals surface area contributed by atoms with Gasteiger partial charge in [-0.3, -0.25) is 9.88 Å². The van der Waals surface area contributed by atoms with E-state index in [1.165, 1.54) is 5.56 Å². The highest BCUT2D eigenvalue weighted by Gasteiger charge is 2.28. The van der Waals surface area contributed by atoms with Crippen molar-refractivity contribution in [3.8, 4) is 0 Å². The zero-order chi connectivity index (χ0) is 17.7. The Bertz CT molecular complexity index is 768. The summed E-state index contributed by atoms with van der Waals surface area (Å²) in [7, 11) is -3.40. The summed E-state index contributed by atoms with van der Waals surface area (Å²) < 4.78 is 27.2. The van der Waals surface area contributed by atoms with Crippen molar-refractivity contribution in [3.63, 3.8) is 0 Å². The molecule has 1 aliphatic rings. The van der Waals surface area contributed by atoms with E-state index in [0.29, 0.717) is 18.0 Å². The summed E-state index contributed by atoms with van der Waals surface area (Å²) in [6, 6.07) is 13.2. The lowest BCUT2D eigenvalue weighted by Crippen LogP contribution is -2.48. The molecule has 0 saturated carbocycles. The second kappa shape index (κ2) is 8.08. The molecule has 0 bridgehead atoms. The van der Waals surface area contributed by atoms with E-state index in [-0.39, 0.29) is 0 Å². The van der Waals surface area contributed by atoms with Crippen molar-refractivity contribution >= 4 is 10.0 Å². The van der Waals surface area contributed by atoms with Crippen molar-refractivity contribution in [1.82, 2.24) is 14.2 Å². The molecule has 134 valence electrons. The zero-order valence-electron chi connectivity index (χ0n) is 14.6. The minimum absolute atomic E-state index is 0.394. The minimum atomic E-state index is -3.40. The van der Waals surface area contributed by atoms with Gasteiger partial charge in [0.25, 0.3) is 0 Å². The van der Waals surface area contributed by atoms with Gasteiger partial charge in [0.1, 0.15) is 0 Å². The van der Waals surface area contributed by atoms with Crippen molar-refractivity contribution in [2.45, 2.75) is 31.2 Å². The largest absolute Gasteiger partial charge is 0.295 e. The maximum Gasteiger partial charge on any atom is 0.243 e. The van der Waals surface area contributed by atoms with E-state index in [1.54, 1.807) is 22.6 Å². The van der Waals surface area contributed by atoms with Crippen molar-refractivity contribution in [1.29, 1.82) is 0 Å². The summed E-state index contributed by atoms with van der Waals surface area (Å²) in [5, 5.41) is 0. The average molecular weight is 359 g/mol. The number of aryl methyl sites for hydroxylation is 1. The lowest BCUT2D eigenvalue weighted by Gasteiger charge is -2.33. The molecule has 0 radical (unpaired) electrons. The van der Waals surface area contributed by atoms with Gasteiger partial charge in [-0.25, -0.2) is 8.42 Å². The molecule has 1 saturated heterocycles. The van der Waals surface area contributed by atoms with E-state index < -0.39 is 10.0 Å². The number of rotatable bonds is 6. The Morgan fingerprint density at radius 1 is 1.00 bits per heavy atom. The fourth-order valence-corrected chi connectivity index (χ4v) is 4.54. The van der Waals surface area contributed by atoms with Crippen LogP contribution in [0, 0.1) is 0 Å². The normalized spacial score (nSPS) is 16.8. The van der Waals surface area contributed by atoms with Gasteiger partial charge in [0.05, 0.1) is 10.6 Å². The van der Waals surface area contributed by atoms with Crippen LogP contribution in [0.25, 0.3) is 0 Å². The molecule has 5 nitrogen and oxygen atoms in total. The maximum atomic E-state index is 12.8. The first-order valence-electron chi connectivity index (χ1n) is 8.81. The van der Waals surface area contributed by atoms with E-state index in [4.69, 9.17) is 0 Å². The van der Waals surface area contributed by atoms with Gasteiger partial charge in [-0.1, -0.05) is 31.5 Å². The van der Waals surface area contributed by atoms with Crippen LogP contribution in [0.5, 0.6) is 0 Å². The monoisotopic (exact) mass is 359 g/mol. The predicted molar refractivity (Wildman–Crippen MR) is 98.7 cm³/mol. The van der Waals surface area contributed by atoms with Crippen LogP contribution in [-0.2, 0) is 23.0 Å². The van der Waals surface area contributed by atoms with E-state index in [9.17, 15) is 8.42 Å². The summed E-state index contributed by atoms with van der Waals surface area (Å²) in [6.45, 7) is 5.38. The molecular weight excluding hydrogens is 334 g/mol. The predicted octanol–water partition coefficient (Wildman–Crippen LogP) is 2.54. The SMILES string of the molecule is CCCc1ccc(S(=O)(=O)N2CCN(Cc3ccccn3)CC2)cc1. The first-order chi connectivity index (χ1) is 12.1. The zero-order valence-corrected chi connectivity index (χ0v) is 15.5. The molecule has 6 heteroatoms. The summed E-state index contributed by atoms with van der Waals surface area (Å²) in [5.74, 6) is 0. The maximum absolute atomic E-state index is 12.8. The Morgan fingerprint density at radius 2 is 1.72 bits per heavy atom. The fraction of sp³-hybridized carbons (Fsp3) is 0.421. The van der Waals surface area contributed by atoms with Crippen LogP contribution in [0.3, 0.4) is 0 Å². The number of nitrogens with zero attached hydrogens (tertiary/aromatic N) is 3. The Balaban J connectivity index is 1.61.